The van der Waals surface area contributed by atoms with Crippen LogP contribution < -0.4 is 5.32 Å². The van der Waals surface area contributed by atoms with E-state index in [1.54, 1.807) is 6.08 Å². The Kier molecular flexibility index (Phi) is 36.2. The summed E-state index contributed by atoms with van der Waals surface area (Å²) >= 11 is 0. The molecule has 8 heteroatoms. The predicted molar refractivity (Wildman–Crippen MR) is 218 cm³/mol. The van der Waals surface area contributed by atoms with E-state index >= 15 is 0 Å². The molecule has 0 aliphatic heterocycles. The van der Waals surface area contributed by atoms with Gasteiger partial charge in [0.1, 0.15) is 6.10 Å². The fourth-order valence-electron chi connectivity index (χ4n) is 6.63. The quantitative estimate of drug-likeness (QED) is 0.0282. The minimum absolute atomic E-state index is 0.268. The lowest BCUT2D eigenvalue weighted by Gasteiger charge is -2.22. The van der Waals surface area contributed by atoms with Crippen molar-refractivity contribution in [2.45, 2.75) is 238 Å². The summed E-state index contributed by atoms with van der Waals surface area (Å²) in [6.45, 7) is 4.51. The van der Waals surface area contributed by atoms with E-state index in [1.807, 2.05) is 0 Å². The Balaban J connectivity index is 4.01. The molecule has 0 fully saturated rings. The lowest BCUT2D eigenvalue weighted by atomic mass is 10.0. The van der Waals surface area contributed by atoms with E-state index in [-0.39, 0.29) is 6.42 Å². The number of carbonyl (C=O) groups is 1. The van der Waals surface area contributed by atoms with E-state index in [9.17, 15) is 28.0 Å². The zero-order chi connectivity index (χ0) is 37.7. The molecule has 0 saturated heterocycles. The van der Waals surface area contributed by atoms with Crippen LogP contribution in [0.4, 0.5) is 0 Å². The molecule has 0 bridgehead atoms. The number of rotatable bonds is 39. The van der Waals surface area contributed by atoms with E-state index in [4.69, 9.17) is 0 Å². The first-order chi connectivity index (χ1) is 24.7. The summed E-state index contributed by atoms with van der Waals surface area (Å²) in [7, 11) is -4.44. The normalized spacial score (nSPS) is 14.1. The molecule has 1 amide bonds. The molecule has 0 rings (SSSR count). The minimum Gasteiger partial charge on any atom is -0.387 e. The van der Waals surface area contributed by atoms with Crippen molar-refractivity contribution in [1.82, 2.24) is 5.32 Å². The van der Waals surface area contributed by atoms with Crippen LogP contribution in [0.25, 0.3) is 0 Å². The maximum Gasteiger partial charge on any atom is 0.267 e. The summed E-state index contributed by atoms with van der Waals surface area (Å²) in [5, 5.41) is 23.4. The molecule has 3 unspecified atom stereocenters. The van der Waals surface area contributed by atoms with Crippen molar-refractivity contribution in [2.75, 3.05) is 5.75 Å². The molecule has 0 radical (unpaired) electrons. The van der Waals surface area contributed by atoms with Crippen LogP contribution in [0.3, 0.4) is 0 Å². The van der Waals surface area contributed by atoms with Crippen LogP contribution in [-0.4, -0.2) is 53.1 Å². The van der Waals surface area contributed by atoms with Gasteiger partial charge >= 0.3 is 0 Å². The van der Waals surface area contributed by atoms with Gasteiger partial charge in [0.2, 0.25) is 5.91 Å². The monoisotopic (exact) mass is 742 g/mol. The average Bonchev–Trinajstić information content (AvgIpc) is 3.09. The predicted octanol–water partition coefficient (Wildman–Crippen LogP) is 11.7. The van der Waals surface area contributed by atoms with Gasteiger partial charge in [0, 0.05) is 0 Å². The Morgan fingerprint density at radius 2 is 0.863 bits per heavy atom. The van der Waals surface area contributed by atoms with Gasteiger partial charge in [-0.1, -0.05) is 199 Å². The second-order valence-corrected chi connectivity index (χ2v) is 16.6. The van der Waals surface area contributed by atoms with E-state index < -0.39 is 40.0 Å². The highest BCUT2D eigenvalue weighted by molar-refractivity contribution is 7.85. The molecule has 7 nitrogen and oxygen atoms in total. The van der Waals surface area contributed by atoms with Gasteiger partial charge in [0.05, 0.1) is 17.9 Å². The Morgan fingerprint density at radius 1 is 0.529 bits per heavy atom. The molecule has 0 aromatic carbocycles. The van der Waals surface area contributed by atoms with E-state index in [1.165, 1.54) is 147 Å². The number of aliphatic hydroxyl groups is 2. The van der Waals surface area contributed by atoms with Crippen LogP contribution >= 0.6 is 0 Å². The van der Waals surface area contributed by atoms with Crippen LogP contribution in [0.15, 0.2) is 24.3 Å². The van der Waals surface area contributed by atoms with Crippen molar-refractivity contribution < 1.29 is 28.0 Å². The van der Waals surface area contributed by atoms with Gasteiger partial charge in [-0.15, -0.1) is 0 Å². The Hall–Kier alpha value is -1.22. The van der Waals surface area contributed by atoms with E-state index in [0.29, 0.717) is 6.42 Å². The van der Waals surface area contributed by atoms with Crippen molar-refractivity contribution in [3.05, 3.63) is 24.3 Å². The zero-order valence-electron chi connectivity index (χ0n) is 33.4. The largest absolute Gasteiger partial charge is 0.387 e. The first-order valence-corrected chi connectivity index (χ1v) is 23.3. The van der Waals surface area contributed by atoms with Gasteiger partial charge in [-0.2, -0.15) is 8.42 Å². The molecular formula is C43H83NO6S. The summed E-state index contributed by atoms with van der Waals surface area (Å²) in [5.74, 6) is -1.54. The van der Waals surface area contributed by atoms with Crippen molar-refractivity contribution in [3.63, 3.8) is 0 Å². The molecule has 302 valence electrons. The average molecular weight is 742 g/mol. The number of aliphatic hydroxyl groups excluding tert-OH is 2. The molecule has 0 aliphatic carbocycles. The maximum absolute atomic E-state index is 12.6. The fraction of sp³-hybridized carbons (Fsp3) is 0.884. The second-order valence-electron chi connectivity index (χ2n) is 15.1. The topological polar surface area (TPSA) is 124 Å². The Morgan fingerprint density at radius 3 is 1.24 bits per heavy atom. The lowest BCUT2D eigenvalue weighted by Crippen LogP contribution is -2.50. The number of allylic oxidation sites excluding steroid dienone is 3. The molecule has 0 aliphatic rings. The number of carbonyl (C=O) groups excluding carboxylic acids is 1. The van der Waals surface area contributed by atoms with Gasteiger partial charge in [0.25, 0.3) is 10.1 Å². The number of unbranched alkanes of at least 4 members (excludes halogenated alkanes) is 28. The molecule has 0 heterocycles. The van der Waals surface area contributed by atoms with Gasteiger partial charge in [-0.3, -0.25) is 9.35 Å². The first kappa shape index (κ1) is 49.8. The van der Waals surface area contributed by atoms with Crippen LogP contribution in [0, 0.1) is 0 Å². The number of hydrogen-bond donors (Lipinski definition) is 4. The number of hydrogen-bond acceptors (Lipinski definition) is 5. The molecule has 0 aromatic heterocycles. The minimum atomic E-state index is -4.44. The molecule has 3 atom stereocenters. The van der Waals surface area contributed by atoms with Gasteiger partial charge in [0.15, 0.2) is 0 Å². The summed E-state index contributed by atoms with van der Waals surface area (Å²) in [6.07, 6.45) is 43.7. The van der Waals surface area contributed by atoms with E-state index in [2.05, 4.69) is 31.3 Å². The van der Waals surface area contributed by atoms with Crippen LogP contribution in [-0.2, 0) is 14.9 Å². The van der Waals surface area contributed by atoms with Gasteiger partial charge in [-0.05, 0) is 44.9 Å². The maximum atomic E-state index is 12.6. The first-order valence-electron chi connectivity index (χ1n) is 21.6. The summed E-state index contributed by atoms with van der Waals surface area (Å²) in [6, 6.07) is -1.23. The highest BCUT2D eigenvalue weighted by Crippen LogP contribution is 2.15. The van der Waals surface area contributed by atoms with Crippen molar-refractivity contribution in [3.8, 4) is 0 Å². The standard InChI is InChI=1S/C43H83NO6S/c1-3-5-7-9-11-13-15-17-19-20-21-22-24-25-27-29-31-33-35-37-41(45)40(39-51(48,49)50)44-43(47)42(46)38-36-34-32-30-28-26-23-18-16-14-12-10-8-6-4-2/h23,26,35,37,40-42,45-46H,3-22,24-25,27-34,36,38-39H2,1-2H3,(H,44,47)(H,48,49,50)/b26-23-,37-35+. The third-order valence-electron chi connectivity index (χ3n) is 9.98. The van der Waals surface area contributed by atoms with E-state index in [0.717, 1.165) is 51.4 Å². The highest BCUT2D eigenvalue weighted by atomic mass is 32.2. The molecule has 0 saturated carbocycles. The number of amides is 1. The molecule has 4 N–H and O–H groups in total. The SMILES string of the molecule is CCCCCCCCC/C=C\CCCCCCC(O)C(=O)NC(CS(=O)(=O)O)C(O)/C=C/CCCCCCCCCCCCCCCCCCC. The Bertz CT molecular complexity index is 921. The molecular weight excluding hydrogens is 659 g/mol. The van der Waals surface area contributed by atoms with Crippen LogP contribution in [0.2, 0.25) is 0 Å². The Labute approximate surface area is 316 Å². The summed E-state index contributed by atoms with van der Waals surface area (Å²) < 4.78 is 32.5. The smallest absolute Gasteiger partial charge is 0.267 e. The van der Waals surface area contributed by atoms with Gasteiger partial charge < -0.3 is 15.5 Å². The summed E-state index contributed by atoms with van der Waals surface area (Å²) in [5.41, 5.74) is 0. The van der Waals surface area contributed by atoms with Crippen LogP contribution in [0.1, 0.15) is 219 Å². The summed E-state index contributed by atoms with van der Waals surface area (Å²) in [4.78, 5) is 12.6. The molecule has 0 aromatic rings. The van der Waals surface area contributed by atoms with Gasteiger partial charge in [-0.25, -0.2) is 0 Å². The van der Waals surface area contributed by atoms with Crippen molar-refractivity contribution >= 4 is 16.0 Å². The second kappa shape index (κ2) is 37.1. The zero-order valence-corrected chi connectivity index (χ0v) is 34.2. The van der Waals surface area contributed by atoms with Crippen molar-refractivity contribution in [2.24, 2.45) is 0 Å². The fourth-order valence-corrected chi connectivity index (χ4v) is 7.36. The van der Waals surface area contributed by atoms with Crippen LogP contribution in [0.5, 0.6) is 0 Å². The van der Waals surface area contributed by atoms with Crippen molar-refractivity contribution in [1.29, 1.82) is 0 Å². The molecule has 0 spiro atoms. The lowest BCUT2D eigenvalue weighted by molar-refractivity contribution is -0.130. The number of nitrogens with one attached hydrogen (secondary N) is 1. The third-order valence-corrected chi connectivity index (χ3v) is 10.8. The highest BCUT2D eigenvalue weighted by Gasteiger charge is 2.27. The third kappa shape index (κ3) is 36.9. The molecule has 51 heavy (non-hydrogen) atoms.